The SMILES string of the molecule is C[C@@H]1CN(C(=O)c2ccccc2B2OC(C)(C)C(C)(C)O2)CCN1C(=O)OC(C)(C)C. The molecule has 2 aliphatic heterocycles. The highest BCUT2D eigenvalue weighted by molar-refractivity contribution is 6.63. The average Bonchev–Trinajstić information content (AvgIpc) is 2.86. The summed E-state index contributed by atoms with van der Waals surface area (Å²) in [5, 5.41) is 0. The van der Waals surface area contributed by atoms with Gasteiger partial charge in [-0.05, 0) is 66.9 Å². The van der Waals surface area contributed by atoms with Gasteiger partial charge in [-0.15, -0.1) is 0 Å². The number of amides is 2. The van der Waals surface area contributed by atoms with E-state index in [1.54, 1.807) is 9.80 Å². The summed E-state index contributed by atoms with van der Waals surface area (Å²) >= 11 is 0. The van der Waals surface area contributed by atoms with E-state index >= 15 is 0 Å². The number of rotatable bonds is 2. The minimum Gasteiger partial charge on any atom is -0.444 e. The number of carbonyl (C=O) groups excluding carboxylic acids is 2. The van der Waals surface area contributed by atoms with E-state index in [2.05, 4.69) is 0 Å². The first-order valence-corrected chi connectivity index (χ1v) is 11.0. The van der Waals surface area contributed by atoms with Crippen LogP contribution in [0.2, 0.25) is 0 Å². The number of hydrogen-bond acceptors (Lipinski definition) is 5. The highest BCUT2D eigenvalue weighted by Crippen LogP contribution is 2.36. The van der Waals surface area contributed by atoms with Crippen LogP contribution in [0, 0.1) is 0 Å². The first-order chi connectivity index (χ1) is 14.2. The number of nitrogens with zero attached hydrogens (tertiary/aromatic N) is 2. The standard InChI is InChI=1S/C23H35BN2O5/c1-16-15-25(13-14-26(16)20(28)29-21(2,3)4)19(27)17-11-9-10-12-18(17)24-30-22(5,6)23(7,8)31-24/h9-12,16H,13-15H2,1-8H3/t16-/m1/s1. The maximum Gasteiger partial charge on any atom is 0.495 e. The Bertz CT molecular complexity index is 833. The molecule has 0 aliphatic carbocycles. The molecular weight excluding hydrogens is 395 g/mol. The van der Waals surface area contributed by atoms with Gasteiger partial charge in [-0.25, -0.2) is 4.79 Å². The summed E-state index contributed by atoms with van der Waals surface area (Å²) in [5.41, 5.74) is -0.221. The van der Waals surface area contributed by atoms with Crippen molar-refractivity contribution in [3.05, 3.63) is 29.8 Å². The molecule has 2 aliphatic rings. The fourth-order valence-electron chi connectivity index (χ4n) is 3.77. The van der Waals surface area contributed by atoms with Crippen molar-refractivity contribution in [2.75, 3.05) is 19.6 Å². The maximum absolute atomic E-state index is 13.4. The smallest absolute Gasteiger partial charge is 0.444 e. The third-order valence-corrected chi connectivity index (χ3v) is 6.24. The molecule has 0 radical (unpaired) electrons. The second-order valence-corrected chi connectivity index (χ2v) is 10.4. The summed E-state index contributed by atoms with van der Waals surface area (Å²) in [4.78, 5) is 29.4. The van der Waals surface area contributed by atoms with Crippen molar-refractivity contribution in [3.63, 3.8) is 0 Å². The van der Waals surface area contributed by atoms with Gasteiger partial charge in [0.05, 0.1) is 11.2 Å². The molecule has 2 fully saturated rings. The summed E-state index contributed by atoms with van der Waals surface area (Å²) in [5.74, 6) is -0.0824. The average molecular weight is 430 g/mol. The molecule has 8 heteroatoms. The van der Waals surface area contributed by atoms with Gasteiger partial charge >= 0.3 is 13.2 Å². The zero-order valence-electron chi connectivity index (χ0n) is 20.0. The monoisotopic (exact) mass is 430 g/mol. The lowest BCUT2D eigenvalue weighted by Gasteiger charge is -2.40. The molecule has 3 rings (SSSR count). The van der Waals surface area contributed by atoms with Gasteiger partial charge in [0.25, 0.3) is 5.91 Å². The number of carbonyl (C=O) groups is 2. The molecule has 0 saturated carbocycles. The Labute approximate surface area is 186 Å². The van der Waals surface area contributed by atoms with Crippen molar-refractivity contribution in [2.45, 2.75) is 78.2 Å². The molecule has 2 saturated heterocycles. The number of hydrogen-bond donors (Lipinski definition) is 0. The minimum absolute atomic E-state index is 0.0824. The van der Waals surface area contributed by atoms with Crippen LogP contribution in [0.25, 0.3) is 0 Å². The van der Waals surface area contributed by atoms with Crippen LogP contribution < -0.4 is 5.46 Å². The summed E-state index contributed by atoms with van der Waals surface area (Å²) in [6.45, 7) is 16.8. The van der Waals surface area contributed by atoms with Crippen molar-refractivity contribution in [1.29, 1.82) is 0 Å². The second-order valence-electron chi connectivity index (χ2n) is 10.4. The van der Waals surface area contributed by atoms with E-state index in [4.69, 9.17) is 14.0 Å². The fraction of sp³-hybridized carbons (Fsp3) is 0.652. The lowest BCUT2D eigenvalue weighted by Crippen LogP contribution is -2.57. The van der Waals surface area contributed by atoms with Crippen molar-refractivity contribution >= 4 is 24.6 Å². The van der Waals surface area contributed by atoms with E-state index in [1.165, 1.54) is 0 Å². The molecule has 2 amide bonds. The molecule has 2 heterocycles. The predicted molar refractivity (Wildman–Crippen MR) is 120 cm³/mol. The van der Waals surface area contributed by atoms with Gasteiger partial charge in [0.15, 0.2) is 0 Å². The lowest BCUT2D eigenvalue weighted by molar-refractivity contribution is 0.00200. The molecule has 0 N–H and O–H groups in total. The highest BCUT2D eigenvalue weighted by atomic mass is 16.7. The Morgan fingerprint density at radius 2 is 1.65 bits per heavy atom. The first-order valence-electron chi connectivity index (χ1n) is 11.0. The van der Waals surface area contributed by atoms with E-state index in [-0.39, 0.29) is 18.0 Å². The van der Waals surface area contributed by atoms with Crippen molar-refractivity contribution in [1.82, 2.24) is 9.80 Å². The van der Waals surface area contributed by atoms with Gasteiger partial charge in [-0.1, -0.05) is 18.2 Å². The molecular formula is C23H35BN2O5. The van der Waals surface area contributed by atoms with E-state index in [0.717, 1.165) is 5.46 Å². The van der Waals surface area contributed by atoms with Crippen LogP contribution >= 0.6 is 0 Å². The van der Waals surface area contributed by atoms with Crippen LogP contribution in [-0.2, 0) is 14.0 Å². The third kappa shape index (κ3) is 4.90. The fourth-order valence-corrected chi connectivity index (χ4v) is 3.77. The summed E-state index contributed by atoms with van der Waals surface area (Å²) < 4.78 is 17.9. The van der Waals surface area contributed by atoms with Gasteiger partial charge < -0.3 is 23.8 Å². The molecule has 0 spiro atoms. The zero-order valence-corrected chi connectivity index (χ0v) is 20.0. The van der Waals surface area contributed by atoms with E-state index in [1.807, 2.05) is 79.7 Å². The molecule has 7 nitrogen and oxygen atoms in total. The second kappa shape index (κ2) is 8.13. The van der Waals surface area contributed by atoms with Gasteiger partial charge in [0, 0.05) is 31.2 Å². The van der Waals surface area contributed by atoms with Gasteiger partial charge in [0.2, 0.25) is 0 Å². The summed E-state index contributed by atoms with van der Waals surface area (Å²) in [7, 11) is -0.606. The molecule has 1 atom stereocenters. The van der Waals surface area contributed by atoms with Gasteiger partial charge in [-0.2, -0.15) is 0 Å². The minimum atomic E-state index is -0.606. The normalized spacial score (nSPS) is 23.1. The summed E-state index contributed by atoms with van der Waals surface area (Å²) in [6, 6.07) is 7.29. The topological polar surface area (TPSA) is 68.3 Å². The zero-order chi connectivity index (χ0) is 23.2. The number of ether oxygens (including phenoxy) is 1. The lowest BCUT2D eigenvalue weighted by atomic mass is 9.75. The highest BCUT2D eigenvalue weighted by Gasteiger charge is 2.52. The van der Waals surface area contributed by atoms with Crippen molar-refractivity contribution < 1.29 is 23.6 Å². The van der Waals surface area contributed by atoms with E-state index in [0.29, 0.717) is 25.2 Å². The van der Waals surface area contributed by atoms with Crippen LogP contribution in [0.15, 0.2) is 24.3 Å². The first kappa shape index (κ1) is 23.6. The van der Waals surface area contributed by atoms with Crippen molar-refractivity contribution in [3.8, 4) is 0 Å². The van der Waals surface area contributed by atoms with Crippen molar-refractivity contribution in [2.24, 2.45) is 0 Å². The Kier molecular flexibility index (Phi) is 6.19. The van der Waals surface area contributed by atoms with E-state index < -0.39 is 23.9 Å². The van der Waals surface area contributed by atoms with Crippen LogP contribution in [0.3, 0.4) is 0 Å². The largest absolute Gasteiger partial charge is 0.495 e. The molecule has 0 bridgehead atoms. The van der Waals surface area contributed by atoms with Crippen LogP contribution in [0.1, 0.15) is 65.7 Å². The number of benzene rings is 1. The molecule has 1 aromatic carbocycles. The predicted octanol–water partition coefficient (Wildman–Crippen LogP) is 3.07. The molecule has 170 valence electrons. The quantitative estimate of drug-likeness (QED) is 0.675. The third-order valence-electron chi connectivity index (χ3n) is 6.24. The van der Waals surface area contributed by atoms with Crippen LogP contribution in [-0.4, -0.2) is 71.4 Å². The maximum atomic E-state index is 13.4. The molecule has 1 aromatic rings. The van der Waals surface area contributed by atoms with E-state index in [9.17, 15) is 9.59 Å². The Morgan fingerprint density at radius 3 is 2.19 bits per heavy atom. The summed E-state index contributed by atoms with van der Waals surface area (Å²) in [6.07, 6.45) is -0.343. The molecule has 31 heavy (non-hydrogen) atoms. The molecule has 0 aromatic heterocycles. The molecule has 0 unspecified atom stereocenters. The Morgan fingerprint density at radius 1 is 1.06 bits per heavy atom. The van der Waals surface area contributed by atoms with Gasteiger partial charge in [0.1, 0.15) is 5.60 Å². The van der Waals surface area contributed by atoms with Crippen LogP contribution in [0.5, 0.6) is 0 Å². The number of piperazine rings is 1. The Balaban J connectivity index is 1.75. The van der Waals surface area contributed by atoms with Gasteiger partial charge in [-0.3, -0.25) is 4.79 Å². The Hall–Kier alpha value is -2.06. The van der Waals surface area contributed by atoms with Crippen LogP contribution in [0.4, 0.5) is 4.79 Å².